The normalized spacial score (nSPS) is 10.3. The molecule has 3 aromatic rings. The topological polar surface area (TPSA) is 13.1 Å². The van der Waals surface area contributed by atoms with Crippen molar-refractivity contribution in [3.8, 4) is 0 Å². The predicted molar refractivity (Wildman–Crippen MR) is 52.6 cm³/mol. The van der Waals surface area contributed by atoms with Crippen LogP contribution in [0.4, 0.5) is 0 Å². The van der Waals surface area contributed by atoms with E-state index in [1.54, 1.807) is 0 Å². The van der Waals surface area contributed by atoms with Crippen molar-refractivity contribution in [1.82, 2.24) is 0 Å². The smallest absolute Gasteiger partial charge is 0.0804 e. The van der Waals surface area contributed by atoms with Crippen LogP contribution in [0.5, 0.6) is 0 Å². The predicted octanol–water partition coefficient (Wildman–Crippen LogP) is 3.38. The Balaban J connectivity index is 0.000000750. The molecular weight excluding hydrogens is 249 g/mol. The van der Waals surface area contributed by atoms with Crippen molar-refractivity contribution in [2.45, 2.75) is 0 Å². The summed E-state index contributed by atoms with van der Waals surface area (Å²) < 4.78 is 5.62. The summed E-state index contributed by atoms with van der Waals surface area (Å²) in [5.74, 6) is 0. The molecular formula is C12H7OY-. The third kappa shape index (κ3) is 1.41. The van der Waals surface area contributed by atoms with Crippen molar-refractivity contribution in [1.29, 1.82) is 0 Å². The maximum Gasteiger partial charge on any atom is 0.0804 e. The molecule has 0 amide bonds. The standard InChI is InChI=1S/C12H7O.Y/c1-3-7-11-9(5-1)10-6-2-4-8-12(10)13-11;/h1-5,7-8H;/q-1;. The zero-order valence-corrected chi connectivity index (χ0v) is 10.4. The van der Waals surface area contributed by atoms with E-state index >= 15 is 0 Å². The van der Waals surface area contributed by atoms with Gasteiger partial charge in [-0.05, 0) is 6.07 Å². The zero-order chi connectivity index (χ0) is 8.67. The Hall–Kier alpha value is -0.656. The summed E-state index contributed by atoms with van der Waals surface area (Å²) in [6, 6.07) is 17.0. The van der Waals surface area contributed by atoms with E-state index in [1.165, 1.54) is 0 Å². The molecule has 2 heteroatoms. The van der Waals surface area contributed by atoms with E-state index in [0.29, 0.717) is 0 Å². The molecule has 0 spiro atoms. The molecule has 0 unspecified atom stereocenters. The van der Waals surface area contributed by atoms with Crippen molar-refractivity contribution in [3.05, 3.63) is 48.5 Å². The molecule has 3 rings (SSSR count). The van der Waals surface area contributed by atoms with Crippen LogP contribution >= 0.6 is 0 Å². The summed E-state index contributed by atoms with van der Waals surface area (Å²) in [7, 11) is 0. The molecule has 0 aliphatic rings. The largest absolute Gasteiger partial charge is 0.510 e. The Morgan fingerprint density at radius 3 is 2.64 bits per heavy atom. The molecule has 0 atom stereocenters. The molecule has 14 heavy (non-hydrogen) atoms. The number of rotatable bonds is 0. The Bertz CT molecular complexity index is 518. The maximum absolute atomic E-state index is 5.62. The van der Waals surface area contributed by atoms with Crippen molar-refractivity contribution in [3.63, 3.8) is 0 Å². The minimum Gasteiger partial charge on any atom is -0.510 e. The van der Waals surface area contributed by atoms with Gasteiger partial charge in [-0.3, -0.25) is 0 Å². The number of fused-ring (bicyclic) bond motifs is 3. The molecule has 0 fully saturated rings. The molecule has 1 nitrogen and oxygen atoms in total. The molecule has 0 aliphatic carbocycles. The second-order valence-electron chi connectivity index (χ2n) is 3.01. The van der Waals surface area contributed by atoms with Crippen LogP contribution in [0.1, 0.15) is 0 Å². The monoisotopic (exact) mass is 256 g/mol. The summed E-state index contributed by atoms with van der Waals surface area (Å²) in [4.78, 5) is 0. The van der Waals surface area contributed by atoms with Gasteiger partial charge in [-0.2, -0.15) is 0 Å². The van der Waals surface area contributed by atoms with Gasteiger partial charge in [0.05, 0.1) is 5.58 Å². The van der Waals surface area contributed by atoms with Crippen LogP contribution in [-0.4, -0.2) is 0 Å². The Morgan fingerprint density at radius 2 is 1.71 bits per heavy atom. The molecule has 0 N–H and O–H groups in total. The van der Waals surface area contributed by atoms with Gasteiger partial charge in [-0.15, -0.1) is 24.3 Å². The third-order valence-electron chi connectivity index (χ3n) is 2.19. The van der Waals surface area contributed by atoms with Gasteiger partial charge in [0.2, 0.25) is 0 Å². The van der Waals surface area contributed by atoms with Crippen LogP contribution in [0.3, 0.4) is 0 Å². The Labute approximate surface area is 107 Å². The molecule has 0 bridgehead atoms. The average Bonchev–Trinajstić information content (AvgIpc) is 2.56. The van der Waals surface area contributed by atoms with Gasteiger partial charge in [-0.25, -0.2) is 0 Å². The van der Waals surface area contributed by atoms with Crippen molar-refractivity contribution < 1.29 is 37.1 Å². The molecule has 1 heterocycles. The number of hydrogen-bond donors (Lipinski definition) is 0. The van der Waals surface area contributed by atoms with E-state index in [9.17, 15) is 0 Å². The molecule has 0 aliphatic heterocycles. The number of hydrogen-bond acceptors (Lipinski definition) is 1. The first-order valence-electron chi connectivity index (χ1n) is 4.23. The second kappa shape index (κ2) is 3.84. The third-order valence-corrected chi connectivity index (χ3v) is 2.19. The first kappa shape index (κ1) is 9.88. The summed E-state index contributed by atoms with van der Waals surface area (Å²) in [5, 5.41) is 2.20. The summed E-state index contributed by atoms with van der Waals surface area (Å²) >= 11 is 0. The second-order valence-corrected chi connectivity index (χ2v) is 3.01. The number of benzene rings is 2. The molecule has 0 saturated carbocycles. The molecule has 0 saturated heterocycles. The van der Waals surface area contributed by atoms with Crippen molar-refractivity contribution in [2.75, 3.05) is 0 Å². The van der Waals surface area contributed by atoms with Gasteiger partial charge >= 0.3 is 0 Å². The Morgan fingerprint density at radius 1 is 0.929 bits per heavy atom. The maximum atomic E-state index is 5.62. The first-order chi connectivity index (χ1) is 6.45. The van der Waals surface area contributed by atoms with Gasteiger partial charge in [0.15, 0.2) is 0 Å². The fourth-order valence-corrected chi connectivity index (χ4v) is 1.60. The SMILES string of the molecule is [Y].[c-]1cccc2oc3ccccc3c12. The molecule has 65 valence electrons. The van der Waals surface area contributed by atoms with E-state index in [4.69, 9.17) is 4.42 Å². The summed E-state index contributed by atoms with van der Waals surface area (Å²) in [6.45, 7) is 0. The molecule has 2 aromatic carbocycles. The van der Waals surface area contributed by atoms with Crippen LogP contribution < -0.4 is 0 Å². The number of furan rings is 1. The van der Waals surface area contributed by atoms with E-state index in [2.05, 4.69) is 12.1 Å². The van der Waals surface area contributed by atoms with Crippen LogP contribution in [0.2, 0.25) is 0 Å². The van der Waals surface area contributed by atoms with E-state index in [0.717, 1.165) is 21.9 Å². The summed E-state index contributed by atoms with van der Waals surface area (Å²) in [6.07, 6.45) is 0. The summed E-state index contributed by atoms with van der Waals surface area (Å²) in [5.41, 5.74) is 1.84. The minimum absolute atomic E-state index is 0. The van der Waals surface area contributed by atoms with Crippen LogP contribution in [-0.2, 0) is 32.7 Å². The van der Waals surface area contributed by atoms with Crippen LogP contribution in [0.15, 0.2) is 46.9 Å². The zero-order valence-electron chi connectivity index (χ0n) is 7.53. The van der Waals surface area contributed by atoms with Gasteiger partial charge in [-0.1, -0.05) is 29.0 Å². The molecule has 1 radical (unpaired) electrons. The van der Waals surface area contributed by atoms with Gasteiger partial charge in [0.25, 0.3) is 0 Å². The molecule has 1 aromatic heterocycles. The van der Waals surface area contributed by atoms with E-state index < -0.39 is 0 Å². The van der Waals surface area contributed by atoms with Gasteiger partial charge in [0.1, 0.15) is 0 Å². The van der Waals surface area contributed by atoms with Gasteiger partial charge in [0, 0.05) is 38.3 Å². The minimum atomic E-state index is 0. The fourth-order valence-electron chi connectivity index (χ4n) is 1.60. The van der Waals surface area contributed by atoms with Crippen LogP contribution in [0.25, 0.3) is 21.9 Å². The quantitative estimate of drug-likeness (QED) is 0.562. The van der Waals surface area contributed by atoms with Crippen molar-refractivity contribution in [2.24, 2.45) is 0 Å². The van der Waals surface area contributed by atoms with Gasteiger partial charge < -0.3 is 4.42 Å². The fraction of sp³-hybridized carbons (Fsp3) is 0. The average molecular weight is 256 g/mol. The Kier molecular flexibility index (Phi) is 2.71. The first-order valence-corrected chi connectivity index (χ1v) is 4.23. The van der Waals surface area contributed by atoms with Crippen molar-refractivity contribution >= 4 is 21.9 Å². The van der Waals surface area contributed by atoms with E-state index in [1.807, 2.05) is 36.4 Å². The van der Waals surface area contributed by atoms with E-state index in [-0.39, 0.29) is 32.7 Å². The van der Waals surface area contributed by atoms with Crippen LogP contribution in [0, 0.1) is 6.07 Å². The number of para-hydroxylation sites is 1.